The normalized spacial score (nSPS) is 32.3. The summed E-state index contributed by atoms with van der Waals surface area (Å²) in [7, 11) is 0. The zero-order valence-corrected chi connectivity index (χ0v) is 18.2. The lowest BCUT2D eigenvalue weighted by molar-refractivity contribution is -0.141. The summed E-state index contributed by atoms with van der Waals surface area (Å²) in [6.07, 6.45) is 0.955. The summed E-state index contributed by atoms with van der Waals surface area (Å²) >= 11 is 0. The van der Waals surface area contributed by atoms with Gasteiger partial charge in [0, 0.05) is 36.5 Å². The fraction of sp³-hybridized carbons (Fsp3) is 0.500. The van der Waals surface area contributed by atoms with Crippen LogP contribution in [-0.2, 0) is 11.0 Å². The number of halogens is 3. The van der Waals surface area contributed by atoms with Gasteiger partial charge in [-0.15, -0.1) is 0 Å². The summed E-state index contributed by atoms with van der Waals surface area (Å²) < 4.78 is 38.7. The molecule has 3 aliphatic rings. The molecule has 2 aromatic rings. The second-order valence-electron chi connectivity index (χ2n) is 8.87. The highest BCUT2D eigenvalue weighted by molar-refractivity contribution is 5.82. The van der Waals surface area contributed by atoms with Crippen LogP contribution >= 0.6 is 0 Å². The van der Waals surface area contributed by atoms with Gasteiger partial charge in [0.05, 0.1) is 24.3 Å². The Hall–Kier alpha value is -3.14. The molecule has 2 aliphatic heterocycles. The van der Waals surface area contributed by atoms with Gasteiger partial charge in [-0.1, -0.05) is 6.07 Å². The van der Waals surface area contributed by atoms with Crippen molar-refractivity contribution >= 4 is 5.91 Å². The monoisotopic (exact) mass is 472 g/mol. The summed E-state index contributed by atoms with van der Waals surface area (Å²) in [5.41, 5.74) is 2.63. The Morgan fingerprint density at radius 3 is 2.56 bits per heavy atom. The maximum Gasteiger partial charge on any atom is 0.433 e. The van der Waals surface area contributed by atoms with Gasteiger partial charge < -0.3 is 5.32 Å². The van der Waals surface area contributed by atoms with Crippen molar-refractivity contribution in [1.82, 2.24) is 36.0 Å². The molecule has 34 heavy (non-hydrogen) atoms. The topological polar surface area (TPSA) is 119 Å². The number of hydrogen-bond donors (Lipinski definition) is 3. The predicted octanol–water partition coefficient (Wildman–Crippen LogP) is 1.85. The van der Waals surface area contributed by atoms with E-state index in [0.29, 0.717) is 5.56 Å². The SMILES string of the molecule is C[C@@H](c1ccc(C(F)(F)F)nc1)N1NC(C#N)C2C(=O)NC([C@@H]3CC[C@H]3c3ncccn3)NC21. The third-order valence-electron chi connectivity index (χ3n) is 7.03. The molecular weight excluding hydrogens is 449 g/mol. The van der Waals surface area contributed by atoms with E-state index in [2.05, 4.69) is 37.1 Å². The van der Waals surface area contributed by atoms with Gasteiger partial charge in [-0.2, -0.15) is 18.4 Å². The Bertz CT molecular complexity index is 1090. The summed E-state index contributed by atoms with van der Waals surface area (Å²) in [5, 5.41) is 17.9. The first-order chi connectivity index (χ1) is 16.3. The molecule has 0 radical (unpaired) electrons. The van der Waals surface area contributed by atoms with Crippen LogP contribution in [-0.4, -0.2) is 44.2 Å². The Balaban J connectivity index is 1.37. The number of carbonyl (C=O) groups excluding carboxylic acids is 1. The molecular formula is C22H23F3N8O. The van der Waals surface area contributed by atoms with Crippen molar-refractivity contribution in [3.8, 4) is 6.07 Å². The van der Waals surface area contributed by atoms with E-state index in [-0.39, 0.29) is 23.9 Å². The molecule has 4 unspecified atom stereocenters. The van der Waals surface area contributed by atoms with E-state index >= 15 is 0 Å². The van der Waals surface area contributed by atoms with Crippen LogP contribution in [0.3, 0.4) is 0 Å². The highest BCUT2D eigenvalue weighted by Crippen LogP contribution is 2.44. The molecule has 2 saturated heterocycles. The van der Waals surface area contributed by atoms with E-state index in [1.54, 1.807) is 30.4 Å². The van der Waals surface area contributed by atoms with Crippen LogP contribution in [0.15, 0.2) is 36.8 Å². The van der Waals surface area contributed by atoms with E-state index in [0.717, 1.165) is 24.7 Å². The number of carbonyl (C=O) groups is 1. The molecule has 0 aromatic carbocycles. The van der Waals surface area contributed by atoms with Gasteiger partial charge in [0.2, 0.25) is 5.91 Å². The molecule has 1 saturated carbocycles. The van der Waals surface area contributed by atoms with Gasteiger partial charge in [-0.25, -0.2) is 20.4 Å². The van der Waals surface area contributed by atoms with Crippen LogP contribution < -0.4 is 16.1 Å². The number of nitrogens with one attached hydrogen (secondary N) is 3. The van der Waals surface area contributed by atoms with Crippen LogP contribution in [0.5, 0.6) is 0 Å². The number of aromatic nitrogens is 3. The smallest absolute Gasteiger partial charge is 0.340 e. The first kappa shape index (κ1) is 22.6. The van der Waals surface area contributed by atoms with E-state index in [1.807, 2.05) is 0 Å². The van der Waals surface area contributed by atoms with E-state index in [4.69, 9.17) is 0 Å². The van der Waals surface area contributed by atoms with Crippen LogP contribution in [0.2, 0.25) is 0 Å². The molecule has 9 nitrogen and oxygen atoms in total. The highest BCUT2D eigenvalue weighted by atomic mass is 19.4. The minimum atomic E-state index is -4.53. The summed E-state index contributed by atoms with van der Waals surface area (Å²) in [4.78, 5) is 25.3. The highest BCUT2D eigenvalue weighted by Gasteiger charge is 2.54. The maximum absolute atomic E-state index is 13.1. The minimum absolute atomic E-state index is 0.0818. The van der Waals surface area contributed by atoms with Crippen molar-refractivity contribution in [3.05, 3.63) is 53.9 Å². The number of hydrazine groups is 1. The Labute approximate surface area is 193 Å². The molecule has 1 amide bonds. The Morgan fingerprint density at radius 2 is 1.97 bits per heavy atom. The number of hydrogen-bond acceptors (Lipinski definition) is 8. The fourth-order valence-electron chi connectivity index (χ4n) is 5.05. The molecule has 2 aromatic heterocycles. The number of nitrogens with zero attached hydrogens (tertiary/aromatic N) is 5. The molecule has 3 N–H and O–H groups in total. The van der Waals surface area contributed by atoms with Crippen molar-refractivity contribution in [2.45, 2.75) is 56.3 Å². The first-order valence-corrected chi connectivity index (χ1v) is 11.1. The number of pyridine rings is 1. The maximum atomic E-state index is 13.1. The Kier molecular flexibility index (Phi) is 5.71. The zero-order chi connectivity index (χ0) is 24.0. The second kappa shape index (κ2) is 8.57. The third-order valence-corrected chi connectivity index (χ3v) is 7.03. The van der Waals surface area contributed by atoms with Crippen LogP contribution in [0.4, 0.5) is 13.2 Å². The van der Waals surface area contributed by atoms with Gasteiger partial charge in [0.1, 0.15) is 17.6 Å². The molecule has 178 valence electrons. The van der Waals surface area contributed by atoms with Crippen molar-refractivity contribution in [1.29, 1.82) is 5.26 Å². The molecule has 12 heteroatoms. The average molecular weight is 472 g/mol. The average Bonchev–Trinajstić information content (AvgIpc) is 3.17. The van der Waals surface area contributed by atoms with E-state index in [1.165, 1.54) is 12.3 Å². The number of alkyl halides is 3. The Morgan fingerprint density at radius 1 is 1.21 bits per heavy atom. The van der Waals surface area contributed by atoms with Crippen LogP contribution in [0, 0.1) is 23.2 Å². The number of rotatable bonds is 4. The molecule has 1 aliphatic carbocycles. The first-order valence-electron chi connectivity index (χ1n) is 11.1. The van der Waals surface area contributed by atoms with E-state index in [9.17, 15) is 23.2 Å². The lowest BCUT2D eigenvalue weighted by Gasteiger charge is -2.47. The standard InChI is InChI=1S/C22H23F3N8O/c1-11(12-3-6-16(29-10-12)22(23,24)25)33-20-17(15(9-26)32-33)21(34)31-19(30-20)14-5-4-13(14)18-27-7-2-8-28-18/h2-3,6-8,10-11,13-15,17,19-20,30,32H,4-5H2,1H3,(H,31,34)/t11-,13+,14+,15?,17?,19?,20?/m0/s1. The second-order valence-corrected chi connectivity index (χ2v) is 8.87. The van der Waals surface area contributed by atoms with Crippen molar-refractivity contribution in [2.75, 3.05) is 0 Å². The molecule has 7 atom stereocenters. The summed E-state index contributed by atoms with van der Waals surface area (Å²) in [6, 6.07) is 4.95. The van der Waals surface area contributed by atoms with Gasteiger partial charge in [-0.3, -0.25) is 15.1 Å². The van der Waals surface area contributed by atoms with Crippen LogP contribution in [0.1, 0.15) is 48.8 Å². The third kappa shape index (κ3) is 3.89. The van der Waals surface area contributed by atoms with Crippen molar-refractivity contribution in [3.63, 3.8) is 0 Å². The van der Waals surface area contributed by atoms with Crippen molar-refractivity contribution < 1.29 is 18.0 Å². The van der Waals surface area contributed by atoms with Gasteiger partial charge >= 0.3 is 6.18 Å². The van der Waals surface area contributed by atoms with Gasteiger partial charge in [-0.05, 0) is 37.5 Å². The molecule has 3 fully saturated rings. The molecule has 0 spiro atoms. The van der Waals surface area contributed by atoms with Crippen molar-refractivity contribution in [2.24, 2.45) is 11.8 Å². The number of amides is 1. The van der Waals surface area contributed by atoms with Gasteiger partial charge in [0.25, 0.3) is 0 Å². The zero-order valence-electron chi connectivity index (χ0n) is 18.2. The van der Waals surface area contributed by atoms with E-state index < -0.39 is 36.0 Å². The van der Waals surface area contributed by atoms with Crippen LogP contribution in [0.25, 0.3) is 0 Å². The largest absolute Gasteiger partial charge is 0.433 e. The lowest BCUT2D eigenvalue weighted by atomic mass is 9.70. The molecule has 5 rings (SSSR count). The van der Waals surface area contributed by atoms with Gasteiger partial charge in [0.15, 0.2) is 0 Å². The predicted molar refractivity (Wildman–Crippen MR) is 112 cm³/mol. The summed E-state index contributed by atoms with van der Waals surface area (Å²) in [5.74, 6) is -0.0114. The summed E-state index contributed by atoms with van der Waals surface area (Å²) in [6.45, 7) is 1.79. The quantitative estimate of drug-likeness (QED) is 0.617. The molecule has 4 heterocycles. The molecule has 0 bridgehead atoms. The minimum Gasteiger partial charge on any atom is -0.340 e. The number of fused-ring (bicyclic) bond motifs is 1. The lowest BCUT2D eigenvalue weighted by Crippen LogP contribution is -2.68. The fourth-order valence-corrected chi connectivity index (χ4v) is 5.05. The number of nitriles is 1.